The number of allylic oxidation sites excluding steroid dienone is 10. The number of rotatable bonds is 8. The third-order valence-corrected chi connectivity index (χ3v) is 1.88. The summed E-state index contributed by atoms with van der Waals surface area (Å²) in [6.45, 7) is 5.91. The van der Waals surface area contributed by atoms with Crippen molar-refractivity contribution in [1.29, 1.82) is 0 Å². The summed E-state index contributed by atoms with van der Waals surface area (Å²) < 4.78 is 0. The van der Waals surface area contributed by atoms with E-state index in [0.29, 0.717) is 0 Å². The van der Waals surface area contributed by atoms with E-state index in [1.54, 1.807) is 0 Å². The standard InChI is InChI=1S/C16H23/c1-3-5-7-9-11-13-15-16-14-12-10-8-6-4-2/h5,7-12,14-16H,1,3-4,6,13H2,2H3. The number of hydrogen-bond donors (Lipinski definition) is 0. The largest absolute Gasteiger partial charge is 0.0845 e. The second kappa shape index (κ2) is 13.7. The molecule has 0 nitrogen and oxygen atoms in total. The zero-order valence-electron chi connectivity index (χ0n) is 10.3. The van der Waals surface area contributed by atoms with Crippen LogP contribution in [-0.4, -0.2) is 0 Å². The van der Waals surface area contributed by atoms with Gasteiger partial charge in [-0.1, -0.05) is 74.1 Å². The maximum atomic E-state index is 3.72. The SMILES string of the molecule is [CH2]CC=CC=CCC=CC=CC=CCCC. The molecule has 0 rings (SSSR count). The minimum Gasteiger partial charge on any atom is -0.0845 e. The molecule has 0 aliphatic carbocycles. The molecule has 16 heavy (non-hydrogen) atoms. The lowest BCUT2D eigenvalue weighted by molar-refractivity contribution is 0.959. The van der Waals surface area contributed by atoms with Gasteiger partial charge < -0.3 is 0 Å². The Bertz CT molecular complexity index is 262. The van der Waals surface area contributed by atoms with Gasteiger partial charge in [0, 0.05) is 0 Å². The molecule has 0 atom stereocenters. The fourth-order valence-corrected chi connectivity index (χ4v) is 1.04. The van der Waals surface area contributed by atoms with Crippen LogP contribution in [0, 0.1) is 6.92 Å². The second-order valence-corrected chi connectivity index (χ2v) is 3.41. The molecule has 0 aromatic carbocycles. The smallest absolute Gasteiger partial charge is 0.0163 e. The first-order valence-corrected chi connectivity index (χ1v) is 6.01. The molecule has 0 saturated heterocycles. The molecule has 0 saturated carbocycles. The summed E-state index contributed by atoms with van der Waals surface area (Å²) in [6, 6.07) is 0. The summed E-state index contributed by atoms with van der Waals surface area (Å²) in [4.78, 5) is 0. The molecule has 0 heteroatoms. The molecular weight excluding hydrogens is 192 g/mol. The second-order valence-electron chi connectivity index (χ2n) is 3.41. The Morgan fingerprint density at radius 1 is 0.750 bits per heavy atom. The van der Waals surface area contributed by atoms with Gasteiger partial charge in [-0.25, -0.2) is 0 Å². The number of hydrogen-bond acceptors (Lipinski definition) is 0. The summed E-state index contributed by atoms with van der Waals surface area (Å²) in [7, 11) is 0. The summed E-state index contributed by atoms with van der Waals surface area (Å²) in [6.07, 6.45) is 25.1. The normalized spacial score (nSPS) is 13.4. The van der Waals surface area contributed by atoms with Crippen LogP contribution in [0.25, 0.3) is 0 Å². The van der Waals surface area contributed by atoms with Crippen molar-refractivity contribution in [2.45, 2.75) is 32.6 Å². The predicted octanol–water partition coefficient (Wildman–Crippen LogP) is 5.18. The lowest BCUT2D eigenvalue weighted by Crippen LogP contribution is -1.59. The van der Waals surface area contributed by atoms with E-state index >= 15 is 0 Å². The highest BCUT2D eigenvalue weighted by atomic mass is 13.8. The molecule has 0 aromatic heterocycles. The molecule has 0 spiro atoms. The van der Waals surface area contributed by atoms with E-state index in [-0.39, 0.29) is 0 Å². The highest BCUT2D eigenvalue weighted by Gasteiger charge is 1.70. The van der Waals surface area contributed by atoms with Crippen molar-refractivity contribution >= 4 is 0 Å². The van der Waals surface area contributed by atoms with Crippen LogP contribution >= 0.6 is 0 Å². The van der Waals surface area contributed by atoms with Gasteiger partial charge in [-0.3, -0.25) is 0 Å². The predicted molar refractivity (Wildman–Crippen MR) is 75.2 cm³/mol. The minimum atomic E-state index is 0.854. The van der Waals surface area contributed by atoms with Crippen LogP contribution in [0.2, 0.25) is 0 Å². The van der Waals surface area contributed by atoms with E-state index in [1.165, 1.54) is 6.42 Å². The average molecular weight is 215 g/mol. The molecule has 0 aromatic rings. The van der Waals surface area contributed by atoms with Gasteiger partial charge in [-0.05, 0) is 26.2 Å². The summed E-state index contributed by atoms with van der Waals surface area (Å²) in [5.41, 5.74) is 0. The highest BCUT2D eigenvalue weighted by Crippen LogP contribution is 1.91. The Morgan fingerprint density at radius 2 is 1.31 bits per heavy atom. The van der Waals surface area contributed by atoms with E-state index in [0.717, 1.165) is 19.3 Å². The van der Waals surface area contributed by atoms with Crippen molar-refractivity contribution in [3.63, 3.8) is 0 Å². The van der Waals surface area contributed by atoms with Gasteiger partial charge in [0.15, 0.2) is 0 Å². The van der Waals surface area contributed by atoms with Crippen LogP contribution in [0.3, 0.4) is 0 Å². The quantitative estimate of drug-likeness (QED) is 0.489. The molecule has 0 aliphatic heterocycles. The Labute approximate surface area is 101 Å². The Kier molecular flexibility index (Phi) is 12.6. The fraction of sp³-hybridized carbons (Fsp3) is 0.312. The van der Waals surface area contributed by atoms with Crippen molar-refractivity contribution in [2.75, 3.05) is 0 Å². The first-order chi connectivity index (χ1) is 7.91. The van der Waals surface area contributed by atoms with Gasteiger partial charge in [0.2, 0.25) is 0 Å². The molecule has 0 N–H and O–H groups in total. The summed E-state index contributed by atoms with van der Waals surface area (Å²) >= 11 is 0. The van der Waals surface area contributed by atoms with Crippen molar-refractivity contribution < 1.29 is 0 Å². The molecule has 0 amide bonds. The van der Waals surface area contributed by atoms with Gasteiger partial charge in [0.25, 0.3) is 0 Å². The first kappa shape index (κ1) is 14.7. The topological polar surface area (TPSA) is 0 Å². The zero-order valence-corrected chi connectivity index (χ0v) is 10.3. The van der Waals surface area contributed by atoms with E-state index in [1.807, 2.05) is 12.2 Å². The molecule has 0 heterocycles. The zero-order chi connectivity index (χ0) is 11.9. The van der Waals surface area contributed by atoms with Crippen LogP contribution < -0.4 is 0 Å². The van der Waals surface area contributed by atoms with Crippen molar-refractivity contribution in [1.82, 2.24) is 0 Å². The van der Waals surface area contributed by atoms with Crippen LogP contribution in [0.4, 0.5) is 0 Å². The van der Waals surface area contributed by atoms with Crippen LogP contribution in [0.15, 0.2) is 60.8 Å². The van der Waals surface area contributed by atoms with E-state index < -0.39 is 0 Å². The van der Waals surface area contributed by atoms with Gasteiger partial charge in [0.05, 0.1) is 0 Å². The Balaban J connectivity index is 3.54. The third kappa shape index (κ3) is 12.7. The molecule has 0 aliphatic rings. The Morgan fingerprint density at radius 3 is 1.94 bits per heavy atom. The maximum Gasteiger partial charge on any atom is -0.0163 e. The average Bonchev–Trinajstić information content (AvgIpc) is 2.31. The summed E-state index contributed by atoms with van der Waals surface area (Å²) in [5, 5.41) is 0. The molecule has 1 radical (unpaired) electrons. The van der Waals surface area contributed by atoms with Gasteiger partial charge in [-0.15, -0.1) is 0 Å². The third-order valence-electron chi connectivity index (χ3n) is 1.88. The van der Waals surface area contributed by atoms with Gasteiger partial charge >= 0.3 is 0 Å². The molecule has 0 unspecified atom stereocenters. The van der Waals surface area contributed by atoms with Crippen LogP contribution in [-0.2, 0) is 0 Å². The summed E-state index contributed by atoms with van der Waals surface area (Å²) in [5.74, 6) is 0. The van der Waals surface area contributed by atoms with Gasteiger partial charge in [-0.2, -0.15) is 0 Å². The van der Waals surface area contributed by atoms with E-state index in [9.17, 15) is 0 Å². The molecular formula is C16H23. The van der Waals surface area contributed by atoms with Crippen molar-refractivity contribution in [3.05, 3.63) is 67.7 Å². The molecule has 87 valence electrons. The van der Waals surface area contributed by atoms with Crippen molar-refractivity contribution in [2.24, 2.45) is 0 Å². The van der Waals surface area contributed by atoms with Gasteiger partial charge in [0.1, 0.15) is 0 Å². The van der Waals surface area contributed by atoms with E-state index in [2.05, 4.69) is 62.5 Å². The van der Waals surface area contributed by atoms with Crippen molar-refractivity contribution in [3.8, 4) is 0 Å². The monoisotopic (exact) mass is 215 g/mol. The maximum absolute atomic E-state index is 3.72. The Hall–Kier alpha value is -1.30. The highest BCUT2D eigenvalue weighted by molar-refractivity contribution is 5.12. The van der Waals surface area contributed by atoms with Crippen LogP contribution in [0.5, 0.6) is 0 Å². The fourth-order valence-electron chi connectivity index (χ4n) is 1.04. The first-order valence-electron chi connectivity index (χ1n) is 6.01. The molecule has 0 bridgehead atoms. The molecule has 0 fully saturated rings. The lowest BCUT2D eigenvalue weighted by atomic mass is 10.3. The van der Waals surface area contributed by atoms with Crippen LogP contribution in [0.1, 0.15) is 32.6 Å². The van der Waals surface area contributed by atoms with E-state index in [4.69, 9.17) is 0 Å². The lowest BCUT2D eigenvalue weighted by Gasteiger charge is -1.81. The number of unbranched alkanes of at least 4 members (excludes halogenated alkanes) is 1. The minimum absolute atomic E-state index is 0.854.